The summed E-state index contributed by atoms with van der Waals surface area (Å²) in [5.74, 6) is 0.102. The second kappa shape index (κ2) is 5.55. The summed E-state index contributed by atoms with van der Waals surface area (Å²) in [4.78, 5) is 3.63. The molecule has 1 aromatic heterocycles. The van der Waals surface area contributed by atoms with Gasteiger partial charge in [-0.15, -0.1) is 0 Å². The van der Waals surface area contributed by atoms with Gasteiger partial charge in [0.1, 0.15) is 0 Å². The number of hydrogen-bond donors (Lipinski definition) is 0. The Morgan fingerprint density at radius 2 is 2.08 bits per heavy atom. The smallest absolute Gasteiger partial charge is 0.449 e. The van der Waals surface area contributed by atoms with Gasteiger partial charge in [-0.3, -0.25) is 0 Å². The van der Waals surface area contributed by atoms with Crippen LogP contribution in [0.25, 0.3) is 0 Å². The zero-order valence-electron chi connectivity index (χ0n) is 7.67. The van der Waals surface area contributed by atoms with Crippen molar-refractivity contribution in [1.82, 2.24) is 9.55 Å². The molecule has 0 N–H and O–H groups in total. The molecule has 1 rings (SSSR count). The van der Waals surface area contributed by atoms with Crippen LogP contribution in [-0.2, 0) is 12.9 Å². The van der Waals surface area contributed by atoms with Crippen molar-refractivity contribution in [2.75, 3.05) is 0 Å². The number of halogens is 3. The van der Waals surface area contributed by atoms with E-state index in [-0.39, 0.29) is 57.2 Å². The summed E-state index contributed by atoms with van der Waals surface area (Å²) < 4.78 is 37.3. The van der Waals surface area contributed by atoms with Crippen molar-refractivity contribution >= 4 is 6.98 Å². The maximum atomic E-state index is 11.9. The molecule has 68 valence electrons. The van der Waals surface area contributed by atoms with E-state index in [1.165, 1.54) is 10.8 Å². The standard InChI is InChI=1S/C6H9BF3N2.K/c1-2-12-4-3-11-6(12)5-7(8,9)10;/h3-4H,2,5H2,1H3;/q-1;+1. The number of imidazole rings is 1. The van der Waals surface area contributed by atoms with E-state index in [1.807, 2.05) is 0 Å². The second-order valence-electron chi connectivity index (χ2n) is 2.54. The molecule has 0 radical (unpaired) electrons. The summed E-state index contributed by atoms with van der Waals surface area (Å²) in [6.07, 6.45) is 2.05. The molecule has 0 atom stereocenters. The SMILES string of the molecule is CCn1ccnc1C[B-](F)(F)F.[K+]. The van der Waals surface area contributed by atoms with Crippen molar-refractivity contribution in [2.24, 2.45) is 0 Å². The molecule has 0 aliphatic carbocycles. The van der Waals surface area contributed by atoms with Gasteiger partial charge < -0.3 is 17.5 Å². The van der Waals surface area contributed by atoms with Crippen molar-refractivity contribution in [3.63, 3.8) is 0 Å². The van der Waals surface area contributed by atoms with E-state index >= 15 is 0 Å². The minimum atomic E-state index is -4.76. The molecule has 2 nitrogen and oxygen atoms in total. The average Bonchev–Trinajstić information content (AvgIpc) is 2.31. The van der Waals surface area contributed by atoms with Gasteiger partial charge in [-0.25, -0.2) is 4.98 Å². The Morgan fingerprint density at radius 1 is 1.46 bits per heavy atom. The van der Waals surface area contributed by atoms with Crippen LogP contribution in [0.1, 0.15) is 12.7 Å². The van der Waals surface area contributed by atoms with Crippen LogP contribution in [-0.4, -0.2) is 16.5 Å². The van der Waals surface area contributed by atoms with Gasteiger partial charge in [-0.05, 0) is 13.2 Å². The fourth-order valence-corrected chi connectivity index (χ4v) is 1.02. The molecule has 0 saturated carbocycles. The Bertz CT molecular complexity index is 261. The number of aromatic nitrogens is 2. The molecule has 0 unspecified atom stereocenters. The van der Waals surface area contributed by atoms with Crippen LogP contribution in [0.2, 0.25) is 0 Å². The van der Waals surface area contributed by atoms with E-state index in [9.17, 15) is 12.9 Å². The number of rotatable bonds is 3. The first kappa shape index (κ1) is 13.7. The van der Waals surface area contributed by atoms with Crippen LogP contribution >= 0.6 is 0 Å². The monoisotopic (exact) mass is 216 g/mol. The van der Waals surface area contributed by atoms with Crippen molar-refractivity contribution in [3.8, 4) is 0 Å². The fraction of sp³-hybridized carbons (Fsp3) is 0.500. The molecule has 1 aromatic rings. The first-order chi connectivity index (χ1) is 5.53. The average molecular weight is 216 g/mol. The number of nitrogens with zero attached hydrogens (tertiary/aromatic N) is 2. The molecule has 7 heteroatoms. The Balaban J connectivity index is 0.00000144. The summed E-state index contributed by atoms with van der Waals surface area (Å²) in [7, 11) is 0. The molecule has 0 amide bonds. The first-order valence-corrected chi connectivity index (χ1v) is 3.74. The van der Waals surface area contributed by atoms with E-state index in [0.717, 1.165) is 0 Å². The molecule has 1 heterocycles. The topological polar surface area (TPSA) is 17.8 Å². The molecule has 0 aliphatic rings. The predicted molar refractivity (Wildman–Crippen MR) is 40.7 cm³/mol. The van der Waals surface area contributed by atoms with Gasteiger partial charge in [-0.1, -0.05) is 0 Å². The third-order valence-corrected chi connectivity index (χ3v) is 1.56. The van der Waals surface area contributed by atoms with Gasteiger partial charge >= 0.3 is 58.4 Å². The minimum Gasteiger partial charge on any atom is -0.449 e. The Kier molecular flexibility index (Phi) is 5.85. The normalized spacial score (nSPS) is 11.1. The number of aryl methyl sites for hydroxylation is 1. The summed E-state index contributed by atoms with van der Waals surface area (Å²) in [6, 6.07) is 0. The van der Waals surface area contributed by atoms with Gasteiger partial charge in [0.2, 0.25) is 0 Å². The maximum Gasteiger partial charge on any atom is 1.00 e. The molecule has 0 spiro atoms. The van der Waals surface area contributed by atoms with E-state index in [4.69, 9.17) is 0 Å². The summed E-state index contributed by atoms with van der Waals surface area (Å²) in [5.41, 5.74) is 0. The van der Waals surface area contributed by atoms with E-state index in [1.54, 1.807) is 13.1 Å². The fourth-order valence-electron chi connectivity index (χ4n) is 1.02. The molecule has 0 saturated heterocycles. The Hall–Kier alpha value is 0.701. The van der Waals surface area contributed by atoms with E-state index in [2.05, 4.69) is 4.98 Å². The molecular formula is C6H9BF3KN2. The van der Waals surface area contributed by atoms with Gasteiger partial charge in [0, 0.05) is 18.9 Å². The van der Waals surface area contributed by atoms with Crippen LogP contribution in [0.4, 0.5) is 12.9 Å². The summed E-state index contributed by atoms with van der Waals surface area (Å²) in [6.45, 7) is -2.45. The quantitative estimate of drug-likeness (QED) is 0.582. The van der Waals surface area contributed by atoms with Crippen molar-refractivity contribution in [3.05, 3.63) is 18.2 Å². The van der Waals surface area contributed by atoms with Crippen molar-refractivity contribution in [2.45, 2.75) is 19.8 Å². The second-order valence-corrected chi connectivity index (χ2v) is 2.54. The number of hydrogen-bond acceptors (Lipinski definition) is 1. The van der Waals surface area contributed by atoms with Crippen molar-refractivity contribution < 1.29 is 64.3 Å². The predicted octanol–water partition coefficient (Wildman–Crippen LogP) is -1.16. The molecule has 13 heavy (non-hydrogen) atoms. The van der Waals surface area contributed by atoms with Gasteiger partial charge in [0.25, 0.3) is 0 Å². The Morgan fingerprint density at radius 3 is 2.54 bits per heavy atom. The largest absolute Gasteiger partial charge is 1.00 e. The molecule has 0 aliphatic heterocycles. The summed E-state index contributed by atoms with van der Waals surface area (Å²) >= 11 is 0. The third kappa shape index (κ3) is 4.64. The van der Waals surface area contributed by atoms with E-state index < -0.39 is 13.3 Å². The van der Waals surface area contributed by atoms with Gasteiger partial charge in [-0.2, -0.15) is 0 Å². The zero-order chi connectivity index (χ0) is 9.19. The Labute approximate surface area is 117 Å². The first-order valence-electron chi connectivity index (χ1n) is 3.74. The van der Waals surface area contributed by atoms with Crippen LogP contribution < -0.4 is 51.4 Å². The zero-order valence-corrected chi connectivity index (χ0v) is 10.8. The molecular weight excluding hydrogens is 207 g/mol. The van der Waals surface area contributed by atoms with Gasteiger partial charge in [0.15, 0.2) is 0 Å². The van der Waals surface area contributed by atoms with Crippen LogP contribution in [0.5, 0.6) is 0 Å². The minimum absolute atomic E-state index is 0. The van der Waals surface area contributed by atoms with Gasteiger partial charge in [0.05, 0.1) is 5.82 Å². The molecule has 0 aromatic carbocycles. The van der Waals surface area contributed by atoms with Crippen LogP contribution in [0, 0.1) is 0 Å². The molecule has 0 fully saturated rings. The van der Waals surface area contributed by atoms with Crippen LogP contribution in [0.3, 0.4) is 0 Å². The summed E-state index contributed by atoms with van der Waals surface area (Å²) in [5, 5.41) is 0. The maximum absolute atomic E-state index is 11.9. The van der Waals surface area contributed by atoms with Crippen molar-refractivity contribution in [1.29, 1.82) is 0 Å². The van der Waals surface area contributed by atoms with Crippen LogP contribution in [0.15, 0.2) is 12.4 Å². The third-order valence-electron chi connectivity index (χ3n) is 1.56. The molecule has 0 bridgehead atoms. The van der Waals surface area contributed by atoms with E-state index in [0.29, 0.717) is 6.54 Å².